The molecule has 2 aromatic rings. The van der Waals surface area contributed by atoms with Crippen molar-refractivity contribution in [1.82, 2.24) is 19.8 Å². The molecule has 1 fully saturated rings. The fourth-order valence-corrected chi connectivity index (χ4v) is 5.62. The molecule has 29 heavy (non-hydrogen) atoms. The Morgan fingerprint density at radius 2 is 2.00 bits per heavy atom. The summed E-state index contributed by atoms with van der Waals surface area (Å²) in [6, 6.07) is 5.49. The highest BCUT2D eigenvalue weighted by atomic mass is 32.2. The summed E-state index contributed by atoms with van der Waals surface area (Å²) in [5.41, 5.74) is 2.41. The van der Waals surface area contributed by atoms with E-state index in [2.05, 4.69) is 15.5 Å². The van der Waals surface area contributed by atoms with Gasteiger partial charge in [0.2, 0.25) is 21.8 Å². The molecule has 0 unspecified atom stereocenters. The minimum absolute atomic E-state index is 0.0455. The molecule has 1 aliphatic carbocycles. The molecular weight excluding hydrogens is 392 g/mol. The molecule has 1 aromatic carbocycles. The van der Waals surface area contributed by atoms with Crippen molar-refractivity contribution >= 4 is 15.9 Å². The van der Waals surface area contributed by atoms with Crippen LogP contribution in [0.1, 0.15) is 42.1 Å². The number of carbonyl (C=O) groups excluding carboxylic acids is 1. The third-order valence-corrected chi connectivity index (χ3v) is 7.63. The molecule has 1 aromatic heterocycles. The lowest BCUT2D eigenvalue weighted by Gasteiger charge is -2.30. The fourth-order valence-electron chi connectivity index (χ4n) is 4.09. The maximum Gasteiger partial charge on any atom is 0.243 e. The minimum Gasteiger partial charge on any atom is -0.355 e. The van der Waals surface area contributed by atoms with E-state index in [9.17, 15) is 13.2 Å². The van der Waals surface area contributed by atoms with Crippen molar-refractivity contribution in [2.75, 3.05) is 19.6 Å². The maximum absolute atomic E-state index is 13.0. The van der Waals surface area contributed by atoms with Crippen LogP contribution in [-0.4, -0.2) is 48.4 Å². The first-order valence-electron chi connectivity index (χ1n) is 10.1. The van der Waals surface area contributed by atoms with E-state index >= 15 is 0 Å². The molecule has 0 saturated carbocycles. The second-order valence-corrected chi connectivity index (χ2v) is 9.68. The van der Waals surface area contributed by atoms with E-state index in [1.807, 2.05) is 12.1 Å². The van der Waals surface area contributed by atoms with Crippen LogP contribution in [0.3, 0.4) is 0 Å². The topological polar surface area (TPSA) is 105 Å². The Morgan fingerprint density at radius 1 is 1.24 bits per heavy atom. The predicted octanol–water partition coefficient (Wildman–Crippen LogP) is 1.63. The van der Waals surface area contributed by atoms with Crippen LogP contribution in [0.25, 0.3) is 0 Å². The molecule has 156 valence electrons. The summed E-state index contributed by atoms with van der Waals surface area (Å²) in [5.74, 6) is 0.850. The number of aryl methyl sites for hydroxylation is 3. The molecule has 1 N–H and O–H groups in total. The second kappa shape index (κ2) is 8.23. The van der Waals surface area contributed by atoms with Crippen LogP contribution in [0.2, 0.25) is 0 Å². The number of sulfonamides is 1. The first-order valence-corrected chi connectivity index (χ1v) is 11.6. The molecule has 0 radical (unpaired) electrons. The smallest absolute Gasteiger partial charge is 0.243 e. The summed E-state index contributed by atoms with van der Waals surface area (Å²) >= 11 is 0. The van der Waals surface area contributed by atoms with Crippen LogP contribution >= 0.6 is 0 Å². The Kier molecular flexibility index (Phi) is 5.69. The predicted molar refractivity (Wildman–Crippen MR) is 106 cm³/mol. The lowest BCUT2D eigenvalue weighted by molar-refractivity contribution is -0.126. The molecule has 0 spiro atoms. The van der Waals surface area contributed by atoms with Gasteiger partial charge in [-0.1, -0.05) is 11.2 Å². The molecule has 1 saturated heterocycles. The Hall–Kier alpha value is -2.26. The van der Waals surface area contributed by atoms with Gasteiger partial charge in [0.15, 0.2) is 5.82 Å². The van der Waals surface area contributed by atoms with Gasteiger partial charge >= 0.3 is 0 Å². The largest absolute Gasteiger partial charge is 0.355 e. The van der Waals surface area contributed by atoms with E-state index in [-0.39, 0.29) is 11.8 Å². The van der Waals surface area contributed by atoms with Gasteiger partial charge in [0, 0.05) is 32.0 Å². The zero-order chi connectivity index (χ0) is 20.4. The molecule has 1 aliphatic heterocycles. The van der Waals surface area contributed by atoms with E-state index in [0.29, 0.717) is 55.5 Å². The number of carbonyl (C=O) groups is 1. The van der Waals surface area contributed by atoms with Gasteiger partial charge in [0.05, 0.1) is 4.90 Å². The Morgan fingerprint density at radius 3 is 2.72 bits per heavy atom. The second-order valence-electron chi connectivity index (χ2n) is 7.74. The number of nitrogens with one attached hydrogen (secondary N) is 1. The monoisotopic (exact) mass is 418 g/mol. The molecule has 9 heteroatoms. The summed E-state index contributed by atoms with van der Waals surface area (Å²) in [6.07, 6.45) is 4.60. The van der Waals surface area contributed by atoms with E-state index in [0.717, 1.165) is 24.8 Å². The van der Waals surface area contributed by atoms with Crippen molar-refractivity contribution in [2.45, 2.75) is 50.3 Å². The van der Waals surface area contributed by atoms with Crippen molar-refractivity contribution in [3.63, 3.8) is 0 Å². The average molecular weight is 419 g/mol. The number of amides is 1. The summed E-state index contributed by atoms with van der Waals surface area (Å²) in [6.45, 7) is 2.89. The molecule has 8 nitrogen and oxygen atoms in total. The fraction of sp³-hybridized carbons (Fsp3) is 0.550. The third kappa shape index (κ3) is 4.35. The van der Waals surface area contributed by atoms with Gasteiger partial charge in [-0.05, 0) is 62.3 Å². The van der Waals surface area contributed by atoms with Crippen molar-refractivity contribution in [3.05, 3.63) is 41.0 Å². The van der Waals surface area contributed by atoms with Crippen molar-refractivity contribution < 1.29 is 17.7 Å². The highest BCUT2D eigenvalue weighted by Gasteiger charge is 2.32. The molecule has 4 rings (SSSR count). The lowest BCUT2D eigenvalue weighted by Crippen LogP contribution is -2.43. The van der Waals surface area contributed by atoms with Crippen LogP contribution in [0.15, 0.2) is 27.6 Å². The number of aromatic nitrogens is 2. The number of fused-ring (bicyclic) bond motifs is 1. The van der Waals surface area contributed by atoms with Crippen LogP contribution in [-0.2, 0) is 34.1 Å². The zero-order valence-electron chi connectivity index (χ0n) is 16.6. The summed E-state index contributed by atoms with van der Waals surface area (Å²) in [4.78, 5) is 16.9. The van der Waals surface area contributed by atoms with Crippen LogP contribution in [0.5, 0.6) is 0 Å². The first kappa shape index (κ1) is 20.0. The summed E-state index contributed by atoms with van der Waals surface area (Å²) in [5, 5.41) is 6.61. The number of hydrogen-bond acceptors (Lipinski definition) is 6. The number of hydrogen-bond donors (Lipinski definition) is 1. The van der Waals surface area contributed by atoms with E-state index in [4.69, 9.17) is 4.52 Å². The Labute approximate surface area is 170 Å². The SMILES string of the molecule is Cc1noc(CCNC(=O)C2CCN(S(=O)(=O)c3ccc4c(c3)CCC4)CC2)n1. The number of rotatable bonds is 6. The van der Waals surface area contributed by atoms with Crippen LogP contribution in [0.4, 0.5) is 0 Å². The van der Waals surface area contributed by atoms with Crippen molar-refractivity contribution in [2.24, 2.45) is 5.92 Å². The Bertz CT molecular complexity index is 994. The van der Waals surface area contributed by atoms with Crippen LogP contribution < -0.4 is 5.32 Å². The van der Waals surface area contributed by atoms with Crippen molar-refractivity contribution in [1.29, 1.82) is 0 Å². The van der Waals surface area contributed by atoms with Gasteiger partial charge in [0.25, 0.3) is 0 Å². The quantitative estimate of drug-likeness (QED) is 0.764. The molecule has 0 bridgehead atoms. The average Bonchev–Trinajstić information content (AvgIpc) is 3.36. The molecule has 1 amide bonds. The zero-order valence-corrected chi connectivity index (χ0v) is 17.4. The number of piperidine rings is 1. The van der Waals surface area contributed by atoms with E-state index in [1.165, 1.54) is 9.87 Å². The van der Waals surface area contributed by atoms with Gasteiger partial charge in [-0.15, -0.1) is 0 Å². The van der Waals surface area contributed by atoms with Gasteiger partial charge in [0.1, 0.15) is 0 Å². The maximum atomic E-state index is 13.0. The van der Waals surface area contributed by atoms with Crippen LogP contribution in [0, 0.1) is 12.8 Å². The van der Waals surface area contributed by atoms with Gasteiger partial charge < -0.3 is 9.84 Å². The highest BCUT2D eigenvalue weighted by Crippen LogP contribution is 2.28. The summed E-state index contributed by atoms with van der Waals surface area (Å²) in [7, 11) is -3.51. The van der Waals surface area contributed by atoms with Gasteiger partial charge in [-0.25, -0.2) is 8.42 Å². The summed E-state index contributed by atoms with van der Waals surface area (Å²) < 4.78 is 32.5. The highest BCUT2D eigenvalue weighted by molar-refractivity contribution is 7.89. The van der Waals surface area contributed by atoms with Gasteiger partial charge in [-0.2, -0.15) is 9.29 Å². The number of nitrogens with zero attached hydrogens (tertiary/aromatic N) is 3. The number of benzene rings is 1. The molecule has 0 atom stereocenters. The van der Waals surface area contributed by atoms with E-state index in [1.54, 1.807) is 13.0 Å². The lowest BCUT2D eigenvalue weighted by atomic mass is 9.97. The standard InChI is InChI=1S/C20H26N4O4S/c1-14-22-19(28-23-14)7-10-21-20(25)16-8-11-24(12-9-16)29(26,27)18-6-5-15-3-2-4-17(15)13-18/h5-6,13,16H,2-4,7-12H2,1H3,(H,21,25). The van der Waals surface area contributed by atoms with Crippen molar-refractivity contribution in [3.8, 4) is 0 Å². The van der Waals surface area contributed by atoms with Gasteiger partial charge in [-0.3, -0.25) is 4.79 Å². The Balaban J connectivity index is 1.29. The molecule has 2 aliphatic rings. The molecule has 2 heterocycles. The van der Waals surface area contributed by atoms with E-state index < -0.39 is 10.0 Å². The minimum atomic E-state index is -3.51. The third-order valence-electron chi connectivity index (χ3n) is 5.74. The first-order chi connectivity index (χ1) is 13.9. The molecular formula is C20H26N4O4S. The normalized spacial score (nSPS) is 18.0.